The fourth-order valence-electron chi connectivity index (χ4n) is 1.13. The van der Waals surface area contributed by atoms with Crippen LogP contribution in [0, 0.1) is 0 Å². The van der Waals surface area contributed by atoms with Crippen molar-refractivity contribution in [2.45, 2.75) is 58.0 Å². The van der Waals surface area contributed by atoms with Crippen LogP contribution in [-0.2, 0) is 4.57 Å². The topological polar surface area (TPSA) is 17.1 Å². The Hall–Kier alpha value is 0.100. The maximum atomic E-state index is 10.6. The Morgan fingerprint density at radius 1 is 1.09 bits per heavy atom. The van der Waals surface area contributed by atoms with Gasteiger partial charge in [0.1, 0.15) is 0 Å². The molecule has 0 aliphatic heterocycles. The molecule has 0 bridgehead atoms. The third-order valence-corrected chi connectivity index (χ3v) is 2.75. The summed E-state index contributed by atoms with van der Waals surface area (Å²) in [5.41, 5.74) is 0.440. The Labute approximate surface area is 71.8 Å². The van der Waals surface area contributed by atoms with Gasteiger partial charge in [0.05, 0.1) is 0 Å². The summed E-state index contributed by atoms with van der Waals surface area (Å²) in [5.74, 6) is 0. The molecule has 1 nitrogen and oxygen atoms in total. The highest BCUT2D eigenvalue weighted by Gasteiger charge is 2.05. The van der Waals surface area contributed by atoms with Crippen molar-refractivity contribution in [3.05, 3.63) is 0 Å². The van der Waals surface area contributed by atoms with E-state index in [1.807, 2.05) is 0 Å². The van der Waals surface area contributed by atoms with Gasteiger partial charge in [-0.1, -0.05) is 39.5 Å². The lowest BCUT2D eigenvalue weighted by Crippen LogP contribution is -1.97. The fourth-order valence-corrected chi connectivity index (χ4v) is 1.71. The van der Waals surface area contributed by atoms with Crippen molar-refractivity contribution in [3.63, 3.8) is 0 Å². The molecule has 0 radical (unpaired) electrons. The largest absolute Gasteiger partial charge is 0.275 e. The Kier molecular flexibility index (Phi) is 8.27. The first-order chi connectivity index (χ1) is 5.35. The molecular formula is C9H19OP. The highest BCUT2D eigenvalue weighted by molar-refractivity contribution is 7.24. The molecule has 0 unspecified atom stereocenters. The van der Waals surface area contributed by atoms with Gasteiger partial charge < -0.3 is 0 Å². The average Bonchev–Trinajstić information content (AvgIpc) is 2.05. The van der Waals surface area contributed by atoms with Gasteiger partial charge in [-0.2, -0.15) is 0 Å². The Balaban J connectivity index is 3.33. The molecule has 0 atom stereocenters. The first-order valence-electron chi connectivity index (χ1n) is 4.67. The van der Waals surface area contributed by atoms with Crippen LogP contribution < -0.4 is 0 Å². The van der Waals surface area contributed by atoms with Crippen LogP contribution in [0.1, 0.15) is 52.4 Å². The standard InChI is InChI=1S/C9H19OP/c1-3-5-7-9(11-10)8-6-4-2/h9H,3-8H2,1-2H3. The quantitative estimate of drug-likeness (QED) is 0.532. The summed E-state index contributed by atoms with van der Waals surface area (Å²) < 4.78 is 10.6. The minimum Gasteiger partial charge on any atom is -0.275 e. The molecule has 0 aromatic rings. The predicted octanol–water partition coefficient (Wildman–Crippen LogP) is 4.03. The second-order valence-corrected chi connectivity index (χ2v) is 3.98. The maximum Gasteiger partial charge on any atom is 0.158 e. The summed E-state index contributed by atoms with van der Waals surface area (Å²) in [6.45, 7) is 4.36. The van der Waals surface area contributed by atoms with Gasteiger partial charge in [-0.25, -0.2) is 0 Å². The van der Waals surface area contributed by atoms with Crippen molar-refractivity contribution < 1.29 is 4.57 Å². The van der Waals surface area contributed by atoms with Crippen LogP contribution in [-0.4, -0.2) is 5.66 Å². The van der Waals surface area contributed by atoms with E-state index in [0.717, 1.165) is 12.8 Å². The van der Waals surface area contributed by atoms with Crippen molar-refractivity contribution >= 4 is 8.46 Å². The number of hydrogen-bond donors (Lipinski definition) is 0. The van der Waals surface area contributed by atoms with E-state index < -0.39 is 0 Å². The smallest absolute Gasteiger partial charge is 0.158 e. The molecule has 0 fully saturated rings. The van der Waals surface area contributed by atoms with Gasteiger partial charge in [-0.3, -0.25) is 4.57 Å². The van der Waals surface area contributed by atoms with Crippen LogP contribution in [0.2, 0.25) is 0 Å². The average molecular weight is 174 g/mol. The molecule has 2 heteroatoms. The van der Waals surface area contributed by atoms with Crippen LogP contribution in [0.4, 0.5) is 0 Å². The Morgan fingerprint density at radius 2 is 1.55 bits per heavy atom. The molecule has 0 heterocycles. The SMILES string of the molecule is CCCCC(CCCC)P=O. The van der Waals surface area contributed by atoms with E-state index in [4.69, 9.17) is 0 Å². The lowest BCUT2D eigenvalue weighted by molar-refractivity contribution is 0.560. The molecular weight excluding hydrogens is 155 g/mol. The van der Waals surface area contributed by atoms with E-state index in [0.29, 0.717) is 14.1 Å². The van der Waals surface area contributed by atoms with Gasteiger partial charge in [-0.05, 0) is 12.8 Å². The van der Waals surface area contributed by atoms with Gasteiger partial charge in [0.2, 0.25) is 0 Å². The second-order valence-electron chi connectivity index (χ2n) is 3.04. The van der Waals surface area contributed by atoms with E-state index in [1.54, 1.807) is 0 Å². The van der Waals surface area contributed by atoms with E-state index in [-0.39, 0.29) is 0 Å². The van der Waals surface area contributed by atoms with Gasteiger partial charge in [0.25, 0.3) is 0 Å². The minimum atomic E-state index is 0.359. The summed E-state index contributed by atoms with van der Waals surface area (Å²) in [7, 11) is 0.359. The lowest BCUT2D eigenvalue weighted by Gasteiger charge is -2.05. The third kappa shape index (κ3) is 6.50. The second kappa shape index (κ2) is 8.20. The number of hydrogen-bond acceptors (Lipinski definition) is 1. The van der Waals surface area contributed by atoms with Crippen molar-refractivity contribution in [1.29, 1.82) is 0 Å². The van der Waals surface area contributed by atoms with Crippen LogP contribution in [0.25, 0.3) is 0 Å². The molecule has 0 aliphatic carbocycles. The molecule has 0 spiro atoms. The van der Waals surface area contributed by atoms with Crippen LogP contribution in [0.3, 0.4) is 0 Å². The molecule has 0 saturated carbocycles. The molecule has 0 N–H and O–H groups in total. The normalized spacial score (nSPS) is 11.2. The van der Waals surface area contributed by atoms with Gasteiger partial charge >= 0.3 is 0 Å². The van der Waals surface area contributed by atoms with Gasteiger partial charge in [-0.15, -0.1) is 0 Å². The van der Waals surface area contributed by atoms with Crippen LogP contribution in [0.5, 0.6) is 0 Å². The molecule has 0 aromatic carbocycles. The summed E-state index contributed by atoms with van der Waals surface area (Å²) in [6.07, 6.45) is 7.17. The van der Waals surface area contributed by atoms with Crippen molar-refractivity contribution in [3.8, 4) is 0 Å². The molecule has 0 saturated heterocycles. The highest BCUT2D eigenvalue weighted by Crippen LogP contribution is 2.20. The summed E-state index contributed by atoms with van der Waals surface area (Å²) in [5, 5.41) is 0. The van der Waals surface area contributed by atoms with Crippen molar-refractivity contribution in [2.24, 2.45) is 0 Å². The molecule has 66 valence electrons. The first kappa shape index (κ1) is 11.1. The summed E-state index contributed by atoms with van der Waals surface area (Å²) >= 11 is 0. The highest BCUT2D eigenvalue weighted by atomic mass is 31.1. The first-order valence-corrected chi connectivity index (χ1v) is 5.55. The molecule has 11 heavy (non-hydrogen) atoms. The molecule has 0 rings (SSSR count). The summed E-state index contributed by atoms with van der Waals surface area (Å²) in [4.78, 5) is 0. The predicted molar refractivity (Wildman–Crippen MR) is 50.4 cm³/mol. The van der Waals surface area contributed by atoms with Crippen LogP contribution >= 0.6 is 8.46 Å². The van der Waals surface area contributed by atoms with Crippen molar-refractivity contribution in [1.82, 2.24) is 0 Å². The zero-order valence-corrected chi connectivity index (χ0v) is 8.57. The molecule has 0 aliphatic rings. The Bertz CT molecular complexity index is 85.6. The van der Waals surface area contributed by atoms with E-state index in [1.165, 1.54) is 25.7 Å². The van der Waals surface area contributed by atoms with Crippen LogP contribution in [0.15, 0.2) is 0 Å². The maximum absolute atomic E-state index is 10.6. The van der Waals surface area contributed by atoms with E-state index in [9.17, 15) is 4.57 Å². The Morgan fingerprint density at radius 3 is 1.82 bits per heavy atom. The molecule has 0 aromatic heterocycles. The number of unbranched alkanes of at least 4 members (excludes halogenated alkanes) is 2. The minimum absolute atomic E-state index is 0.359. The molecule has 0 amide bonds. The fraction of sp³-hybridized carbons (Fsp3) is 1.00. The zero-order chi connectivity index (χ0) is 8.53. The van der Waals surface area contributed by atoms with E-state index in [2.05, 4.69) is 13.8 Å². The monoisotopic (exact) mass is 174 g/mol. The van der Waals surface area contributed by atoms with Crippen molar-refractivity contribution in [2.75, 3.05) is 0 Å². The zero-order valence-electron chi connectivity index (χ0n) is 7.68. The van der Waals surface area contributed by atoms with Gasteiger partial charge in [0, 0.05) is 5.66 Å². The lowest BCUT2D eigenvalue weighted by atomic mass is 10.1. The third-order valence-electron chi connectivity index (χ3n) is 1.93. The van der Waals surface area contributed by atoms with Gasteiger partial charge in [0.15, 0.2) is 8.46 Å². The van der Waals surface area contributed by atoms with E-state index >= 15 is 0 Å². The summed E-state index contributed by atoms with van der Waals surface area (Å²) in [6, 6.07) is 0. The number of rotatable bonds is 7.